The first kappa shape index (κ1) is 18.4. The number of carbonyl (C=O) groups excluding carboxylic acids is 1. The van der Waals surface area contributed by atoms with Crippen molar-refractivity contribution in [2.24, 2.45) is 0 Å². The predicted octanol–water partition coefficient (Wildman–Crippen LogP) is 3.03. The number of piperidine rings is 1. The summed E-state index contributed by atoms with van der Waals surface area (Å²) in [5, 5.41) is 6.50. The van der Waals surface area contributed by atoms with Crippen LogP contribution in [0.1, 0.15) is 29.9 Å². The predicted molar refractivity (Wildman–Crippen MR) is 99.9 cm³/mol. The molecule has 1 amide bonds. The molecule has 138 valence electrons. The summed E-state index contributed by atoms with van der Waals surface area (Å²) in [6.07, 6.45) is 2.42. The van der Waals surface area contributed by atoms with Crippen LogP contribution < -0.4 is 15.4 Å². The molecule has 5 heteroatoms. The summed E-state index contributed by atoms with van der Waals surface area (Å²) in [6.45, 7) is 1.85. The highest BCUT2D eigenvalue weighted by atomic mass is 19.1. The number of ether oxygens (including phenoxy) is 1. The van der Waals surface area contributed by atoms with Crippen molar-refractivity contribution in [3.63, 3.8) is 0 Å². The van der Waals surface area contributed by atoms with Crippen LogP contribution in [-0.2, 0) is 11.2 Å². The van der Waals surface area contributed by atoms with Gasteiger partial charge in [0, 0.05) is 6.04 Å². The average molecular weight is 356 g/mol. The number of benzene rings is 2. The maximum atomic E-state index is 13.2. The van der Waals surface area contributed by atoms with Gasteiger partial charge in [0.2, 0.25) is 5.91 Å². The largest absolute Gasteiger partial charge is 0.497 e. The molecule has 2 aromatic carbocycles. The summed E-state index contributed by atoms with van der Waals surface area (Å²) in [5.74, 6) is 0.189. The lowest BCUT2D eigenvalue weighted by atomic mass is 9.90. The van der Waals surface area contributed by atoms with Gasteiger partial charge in [-0.2, -0.15) is 0 Å². The molecule has 3 rings (SSSR count). The minimum Gasteiger partial charge on any atom is -0.497 e. The Bertz CT molecular complexity index is 710. The van der Waals surface area contributed by atoms with Crippen LogP contribution in [-0.4, -0.2) is 32.1 Å². The number of methoxy groups -OCH3 is 1. The van der Waals surface area contributed by atoms with E-state index in [1.807, 2.05) is 24.3 Å². The van der Waals surface area contributed by atoms with Gasteiger partial charge in [0.25, 0.3) is 0 Å². The molecule has 1 unspecified atom stereocenters. The summed E-state index contributed by atoms with van der Waals surface area (Å²) in [6, 6.07) is 14.1. The second kappa shape index (κ2) is 8.81. The second-order valence-electron chi connectivity index (χ2n) is 6.69. The zero-order valence-corrected chi connectivity index (χ0v) is 15.0. The van der Waals surface area contributed by atoms with Crippen LogP contribution in [0.25, 0.3) is 0 Å². The Kier molecular flexibility index (Phi) is 6.23. The number of hydrogen-bond acceptors (Lipinski definition) is 3. The standard InChI is InChI=1S/C21H25FN2O2/c1-26-19-8-4-16(5-9-19)20(14-15-2-6-17(22)7-3-15)21(25)24-18-10-12-23-13-11-18/h2-9,18,20,23H,10-14H2,1H3,(H,24,25). The molecular formula is C21H25FN2O2. The van der Waals surface area contributed by atoms with E-state index in [1.54, 1.807) is 19.2 Å². The summed E-state index contributed by atoms with van der Waals surface area (Å²) < 4.78 is 18.4. The lowest BCUT2D eigenvalue weighted by molar-refractivity contribution is -0.123. The first-order valence-corrected chi connectivity index (χ1v) is 9.05. The highest BCUT2D eigenvalue weighted by molar-refractivity contribution is 5.84. The summed E-state index contributed by atoms with van der Waals surface area (Å²) in [4.78, 5) is 13.0. The SMILES string of the molecule is COc1ccc(C(Cc2ccc(F)cc2)C(=O)NC2CCNCC2)cc1. The fourth-order valence-electron chi connectivity index (χ4n) is 3.32. The van der Waals surface area contributed by atoms with Gasteiger partial charge in [-0.1, -0.05) is 24.3 Å². The summed E-state index contributed by atoms with van der Waals surface area (Å²) in [5.41, 5.74) is 1.87. The maximum Gasteiger partial charge on any atom is 0.228 e. The van der Waals surface area contributed by atoms with E-state index >= 15 is 0 Å². The minimum absolute atomic E-state index is 0.0198. The average Bonchev–Trinajstić information content (AvgIpc) is 2.68. The van der Waals surface area contributed by atoms with E-state index in [9.17, 15) is 9.18 Å². The molecule has 1 aliphatic heterocycles. The zero-order chi connectivity index (χ0) is 18.4. The fourth-order valence-corrected chi connectivity index (χ4v) is 3.32. The van der Waals surface area contributed by atoms with Gasteiger partial charge in [0.15, 0.2) is 0 Å². The molecule has 1 fully saturated rings. The van der Waals surface area contributed by atoms with E-state index in [0.29, 0.717) is 6.42 Å². The van der Waals surface area contributed by atoms with Crippen LogP contribution in [0.15, 0.2) is 48.5 Å². The Hall–Kier alpha value is -2.40. The Morgan fingerprint density at radius 3 is 2.42 bits per heavy atom. The van der Waals surface area contributed by atoms with Gasteiger partial charge in [-0.15, -0.1) is 0 Å². The Morgan fingerprint density at radius 2 is 1.81 bits per heavy atom. The van der Waals surface area contributed by atoms with Crippen LogP contribution >= 0.6 is 0 Å². The van der Waals surface area contributed by atoms with Gasteiger partial charge in [-0.25, -0.2) is 4.39 Å². The molecule has 0 bridgehead atoms. The van der Waals surface area contributed by atoms with Crippen LogP contribution in [0.3, 0.4) is 0 Å². The van der Waals surface area contributed by atoms with Crippen LogP contribution in [0.4, 0.5) is 4.39 Å². The van der Waals surface area contributed by atoms with Crippen LogP contribution in [0.5, 0.6) is 5.75 Å². The Morgan fingerprint density at radius 1 is 1.15 bits per heavy atom. The first-order chi connectivity index (χ1) is 12.7. The molecule has 2 N–H and O–H groups in total. The van der Waals surface area contributed by atoms with E-state index < -0.39 is 0 Å². The van der Waals surface area contributed by atoms with Crippen molar-refractivity contribution in [1.29, 1.82) is 0 Å². The fraction of sp³-hybridized carbons (Fsp3) is 0.381. The minimum atomic E-state index is -0.318. The monoisotopic (exact) mass is 356 g/mol. The third-order valence-corrected chi connectivity index (χ3v) is 4.87. The Labute approximate surface area is 153 Å². The van der Waals surface area contributed by atoms with Crippen molar-refractivity contribution in [3.8, 4) is 5.75 Å². The van der Waals surface area contributed by atoms with Crippen molar-refractivity contribution < 1.29 is 13.9 Å². The molecule has 0 spiro atoms. The molecule has 1 aliphatic rings. The molecule has 0 aliphatic carbocycles. The summed E-state index contributed by atoms with van der Waals surface area (Å²) >= 11 is 0. The van der Waals surface area contributed by atoms with E-state index in [0.717, 1.165) is 42.8 Å². The molecule has 0 saturated carbocycles. The van der Waals surface area contributed by atoms with Crippen molar-refractivity contribution in [1.82, 2.24) is 10.6 Å². The van der Waals surface area contributed by atoms with Crippen molar-refractivity contribution in [2.45, 2.75) is 31.2 Å². The molecule has 1 heterocycles. The van der Waals surface area contributed by atoms with E-state index in [4.69, 9.17) is 4.74 Å². The number of carbonyl (C=O) groups is 1. The lowest BCUT2D eigenvalue weighted by Crippen LogP contribution is -2.44. The zero-order valence-electron chi connectivity index (χ0n) is 15.0. The van der Waals surface area contributed by atoms with Crippen molar-refractivity contribution in [3.05, 3.63) is 65.5 Å². The topological polar surface area (TPSA) is 50.4 Å². The molecule has 2 aromatic rings. The molecule has 0 aromatic heterocycles. The van der Waals surface area contributed by atoms with E-state index in [1.165, 1.54) is 12.1 Å². The third-order valence-electron chi connectivity index (χ3n) is 4.87. The number of nitrogens with one attached hydrogen (secondary N) is 2. The maximum absolute atomic E-state index is 13.2. The number of hydrogen-bond donors (Lipinski definition) is 2. The highest BCUT2D eigenvalue weighted by Crippen LogP contribution is 2.24. The smallest absolute Gasteiger partial charge is 0.228 e. The lowest BCUT2D eigenvalue weighted by Gasteiger charge is -2.26. The van der Waals surface area contributed by atoms with Gasteiger partial charge < -0.3 is 15.4 Å². The molecule has 0 radical (unpaired) electrons. The normalized spacial score (nSPS) is 16.1. The van der Waals surface area contributed by atoms with Gasteiger partial charge >= 0.3 is 0 Å². The number of halogens is 1. The molecule has 4 nitrogen and oxygen atoms in total. The second-order valence-corrected chi connectivity index (χ2v) is 6.69. The quantitative estimate of drug-likeness (QED) is 0.836. The summed E-state index contributed by atoms with van der Waals surface area (Å²) in [7, 11) is 1.62. The van der Waals surface area contributed by atoms with E-state index in [-0.39, 0.29) is 23.7 Å². The number of amides is 1. The van der Waals surface area contributed by atoms with Gasteiger partial charge in [0.1, 0.15) is 11.6 Å². The van der Waals surface area contributed by atoms with Crippen molar-refractivity contribution >= 4 is 5.91 Å². The molecule has 1 saturated heterocycles. The Balaban J connectivity index is 1.79. The molecule has 26 heavy (non-hydrogen) atoms. The van der Waals surface area contributed by atoms with Gasteiger partial charge in [0.05, 0.1) is 13.0 Å². The van der Waals surface area contributed by atoms with Crippen LogP contribution in [0, 0.1) is 5.82 Å². The van der Waals surface area contributed by atoms with Crippen molar-refractivity contribution in [2.75, 3.05) is 20.2 Å². The van der Waals surface area contributed by atoms with Gasteiger partial charge in [-0.05, 0) is 67.7 Å². The number of rotatable bonds is 6. The third kappa shape index (κ3) is 4.82. The van der Waals surface area contributed by atoms with E-state index in [2.05, 4.69) is 10.6 Å². The highest BCUT2D eigenvalue weighted by Gasteiger charge is 2.24. The van der Waals surface area contributed by atoms with Crippen LogP contribution in [0.2, 0.25) is 0 Å². The molecule has 1 atom stereocenters. The first-order valence-electron chi connectivity index (χ1n) is 9.05. The van der Waals surface area contributed by atoms with Gasteiger partial charge in [-0.3, -0.25) is 4.79 Å². The molecular weight excluding hydrogens is 331 g/mol.